The van der Waals surface area contributed by atoms with Crippen molar-refractivity contribution in [3.63, 3.8) is 0 Å². The fourth-order valence-corrected chi connectivity index (χ4v) is 1.38. The number of hydrogen-bond donors (Lipinski definition) is 1. The first-order valence-corrected chi connectivity index (χ1v) is 5.53. The summed E-state index contributed by atoms with van der Waals surface area (Å²) < 4.78 is 10.6. The molecule has 0 aliphatic heterocycles. The second kappa shape index (κ2) is 6.33. The Labute approximate surface area is 97.0 Å². The van der Waals surface area contributed by atoms with Crippen molar-refractivity contribution in [3.05, 3.63) is 17.8 Å². The molecule has 0 saturated carbocycles. The Hall–Kier alpha value is -1.29. The number of nitrogens with one attached hydrogen (secondary N) is 1. The topological polar surface area (TPSA) is 43.4 Å². The monoisotopic (exact) mass is 224 g/mol. The summed E-state index contributed by atoms with van der Waals surface area (Å²) in [6.45, 7) is 7.38. The standard InChI is InChI=1S/C12H20N2O2/c1-5-16-8-10(3)14-12-11(15-4)7-6-9(2)13-12/h6-7,10H,5,8H2,1-4H3,(H,13,14). The van der Waals surface area contributed by atoms with Gasteiger partial charge in [-0.1, -0.05) is 0 Å². The minimum atomic E-state index is 0.211. The maximum absolute atomic E-state index is 5.34. The van der Waals surface area contributed by atoms with Crippen molar-refractivity contribution in [2.75, 3.05) is 25.6 Å². The van der Waals surface area contributed by atoms with Crippen molar-refractivity contribution in [2.24, 2.45) is 0 Å². The molecule has 16 heavy (non-hydrogen) atoms. The summed E-state index contributed by atoms with van der Waals surface area (Å²) in [6.07, 6.45) is 0. The van der Waals surface area contributed by atoms with Crippen LogP contribution in [0.5, 0.6) is 5.75 Å². The molecule has 0 radical (unpaired) electrons. The minimum absolute atomic E-state index is 0.211. The van der Waals surface area contributed by atoms with Gasteiger partial charge < -0.3 is 14.8 Å². The Kier molecular flexibility index (Phi) is 5.05. The van der Waals surface area contributed by atoms with Crippen molar-refractivity contribution in [3.8, 4) is 5.75 Å². The molecule has 0 saturated heterocycles. The van der Waals surface area contributed by atoms with E-state index in [0.717, 1.165) is 23.9 Å². The average molecular weight is 224 g/mol. The van der Waals surface area contributed by atoms with Crippen LogP contribution in [0.3, 0.4) is 0 Å². The van der Waals surface area contributed by atoms with E-state index in [1.54, 1.807) is 7.11 Å². The lowest BCUT2D eigenvalue weighted by Gasteiger charge is -2.16. The maximum Gasteiger partial charge on any atom is 0.169 e. The van der Waals surface area contributed by atoms with Crippen LogP contribution in [0.1, 0.15) is 19.5 Å². The predicted octanol–water partition coefficient (Wildman–Crippen LogP) is 2.24. The third kappa shape index (κ3) is 3.70. The van der Waals surface area contributed by atoms with Crippen LogP contribution in [-0.4, -0.2) is 31.3 Å². The minimum Gasteiger partial charge on any atom is -0.493 e. The quantitative estimate of drug-likeness (QED) is 0.804. The molecule has 0 amide bonds. The van der Waals surface area contributed by atoms with Gasteiger partial charge in [-0.15, -0.1) is 0 Å². The van der Waals surface area contributed by atoms with E-state index in [9.17, 15) is 0 Å². The van der Waals surface area contributed by atoms with Gasteiger partial charge in [-0.2, -0.15) is 0 Å². The number of ether oxygens (including phenoxy) is 2. The van der Waals surface area contributed by atoms with Crippen LogP contribution in [0, 0.1) is 6.92 Å². The number of hydrogen-bond acceptors (Lipinski definition) is 4. The van der Waals surface area contributed by atoms with Gasteiger partial charge >= 0.3 is 0 Å². The molecule has 0 aliphatic rings. The molecule has 1 aromatic rings. The second-order valence-electron chi connectivity index (χ2n) is 3.71. The van der Waals surface area contributed by atoms with Crippen molar-refractivity contribution in [2.45, 2.75) is 26.8 Å². The summed E-state index contributed by atoms with van der Waals surface area (Å²) in [6, 6.07) is 4.05. The van der Waals surface area contributed by atoms with Gasteiger partial charge in [0, 0.05) is 18.3 Å². The van der Waals surface area contributed by atoms with E-state index in [1.165, 1.54) is 0 Å². The smallest absolute Gasteiger partial charge is 0.169 e. The van der Waals surface area contributed by atoms with Gasteiger partial charge in [0.25, 0.3) is 0 Å². The SMILES string of the molecule is CCOCC(C)Nc1nc(C)ccc1OC. The third-order valence-electron chi connectivity index (χ3n) is 2.17. The molecule has 1 atom stereocenters. The molecule has 1 rings (SSSR count). The number of aryl methyl sites for hydroxylation is 1. The fraction of sp³-hybridized carbons (Fsp3) is 0.583. The van der Waals surface area contributed by atoms with Crippen LogP contribution >= 0.6 is 0 Å². The molecular weight excluding hydrogens is 204 g/mol. The normalized spacial score (nSPS) is 12.2. The van der Waals surface area contributed by atoms with Crippen LogP contribution in [0.25, 0.3) is 0 Å². The molecule has 1 unspecified atom stereocenters. The Morgan fingerprint density at radius 2 is 2.19 bits per heavy atom. The molecule has 90 valence electrons. The molecule has 0 fully saturated rings. The summed E-state index contributed by atoms with van der Waals surface area (Å²) in [4.78, 5) is 4.40. The summed E-state index contributed by atoms with van der Waals surface area (Å²) in [5.74, 6) is 1.53. The molecule has 4 heteroatoms. The summed E-state index contributed by atoms with van der Waals surface area (Å²) in [5.41, 5.74) is 0.965. The summed E-state index contributed by atoms with van der Waals surface area (Å²) in [7, 11) is 1.64. The van der Waals surface area contributed by atoms with Gasteiger partial charge in [-0.25, -0.2) is 4.98 Å². The predicted molar refractivity (Wildman–Crippen MR) is 65.1 cm³/mol. The zero-order valence-corrected chi connectivity index (χ0v) is 10.4. The molecular formula is C12H20N2O2. The molecule has 0 spiro atoms. The Balaban J connectivity index is 2.67. The second-order valence-corrected chi connectivity index (χ2v) is 3.71. The number of aromatic nitrogens is 1. The molecule has 1 heterocycles. The molecule has 0 bridgehead atoms. The zero-order valence-electron chi connectivity index (χ0n) is 10.4. The van der Waals surface area contributed by atoms with Gasteiger partial charge in [0.05, 0.1) is 13.7 Å². The Bertz CT molecular complexity index is 329. The van der Waals surface area contributed by atoms with Crippen LogP contribution in [0.2, 0.25) is 0 Å². The number of nitrogens with zero attached hydrogens (tertiary/aromatic N) is 1. The lowest BCUT2D eigenvalue weighted by atomic mass is 10.3. The van der Waals surface area contributed by atoms with Crippen LogP contribution in [-0.2, 0) is 4.74 Å². The van der Waals surface area contributed by atoms with Crippen molar-refractivity contribution in [1.82, 2.24) is 4.98 Å². The van der Waals surface area contributed by atoms with Crippen LogP contribution in [0.15, 0.2) is 12.1 Å². The average Bonchev–Trinajstić information content (AvgIpc) is 2.27. The van der Waals surface area contributed by atoms with Crippen LogP contribution < -0.4 is 10.1 Å². The Morgan fingerprint density at radius 1 is 1.44 bits per heavy atom. The largest absolute Gasteiger partial charge is 0.493 e. The molecule has 0 aromatic carbocycles. The van der Waals surface area contributed by atoms with E-state index in [4.69, 9.17) is 9.47 Å². The van der Waals surface area contributed by atoms with Gasteiger partial charge in [-0.3, -0.25) is 0 Å². The third-order valence-corrected chi connectivity index (χ3v) is 2.17. The fourth-order valence-electron chi connectivity index (χ4n) is 1.38. The van der Waals surface area contributed by atoms with Gasteiger partial charge in [0.1, 0.15) is 0 Å². The number of anilines is 1. The van der Waals surface area contributed by atoms with Crippen molar-refractivity contribution < 1.29 is 9.47 Å². The van der Waals surface area contributed by atoms with Gasteiger partial charge in [0.2, 0.25) is 0 Å². The van der Waals surface area contributed by atoms with Crippen molar-refractivity contribution in [1.29, 1.82) is 0 Å². The van der Waals surface area contributed by atoms with E-state index in [2.05, 4.69) is 17.2 Å². The number of methoxy groups -OCH3 is 1. The highest BCUT2D eigenvalue weighted by atomic mass is 16.5. The van der Waals surface area contributed by atoms with E-state index >= 15 is 0 Å². The highest BCUT2D eigenvalue weighted by molar-refractivity contribution is 5.51. The zero-order chi connectivity index (χ0) is 12.0. The van der Waals surface area contributed by atoms with E-state index in [-0.39, 0.29) is 6.04 Å². The summed E-state index contributed by atoms with van der Waals surface area (Å²) in [5, 5.41) is 3.28. The first-order chi connectivity index (χ1) is 7.67. The Morgan fingerprint density at radius 3 is 2.81 bits per heavy atom. The van der Waals surface area contributed by atoms with Gasteiger partial charge in [0.15, 0.2) is 11.6 Å². The highest BCUT2D eigenvalue weighted by Crippen LogP contribution is 2.22. The number of rotatable bonds is 6. The number of pyridine rings is 1. The highest BCUT2D eigenvalue weighted by Gasteiger charge is 2.08. The molecule has 4 nitrogen and oxygen atoms in total. The van der Waals surface area contributed by atoms with E-state index in [0.29, 0.717) is 6.61 Å². The molecule has 0 aliphatic carbocycles. The van der Waals surface area contributed by atoms with Crippen LogP contribution in [0.4, 0.5) is 5.82 Å². The van der Waals surface area contributed by atoms with Crippen molar-refractivity contribution >= 4 is 5.82 Å². The maximum atomic E-state index is 5.34. The van der Waals surface area contributed by atoms with Gasteiger partial charge in [-0.05, 0) is 32.9 Å². The van der Waals surface area contributed by atoms with E-state index < -0.39 is 0 Å². The summed E-state index contributed by atoms with van der Waals surface area (Å²) >= 11 is 0. The lowest BCUT2D eigenvalue weighted by molar-refractivity contribution is 0.141. The first-order valence-electron chi connectivity index (χ1n) is 5.53. The molecule has 1 N–H and O–H groups in total. The lowest BCUT2D eigenvalue weighted by Crippen LogP contribution is -2.22. The van der Waals surface area contributed by atoms with E-state index in [1.807, 2.05) is 26.0 Å². The first kappa shape index (κ1) is 12.8. The molecule has 1 aromatic heterocycles.